The van der Waals surface area contributed by atoms with Crippen LogP contribution in [0.15, 0.2) is 54.6 Å². The molecule has 0 saturated carbocycles. The van der Waals surface area contributed by atoms with Crippen molar-refractivity contribution in [3.05, 3.63) is 75.8 Å². The van der Waals surface area contributed by atoms with Crippen molar-refractivity contribution in [3.8, 4) is 22.4 Å². The highest BCUT2D eigenvalue weighted by molar-refractivity contribution is 5.87. The number of H-pyrrole nitrogens is 1. The molecule has 4 rings (SSSR count). The van der Waals surface area contributed by atoms with Crippen molar-refractivity contribution in [1.82, 2.24) is 4.98 Å². The maximum atomic E-state index is 11.5. The minimum Gasteiger partial charge on any atom is -0.388 e. The fourth-order valence-electron chi connectivity index (χ4n) is 3.33. The molecule has 2 N–H and O–H groups in total. The van der Waals surface area contributed by atoms with Crippen LogP contribution in [-0.2, 0) is 6.42 Å². The molecule has 1 atom stereocenters. The molecule has 0 saturated heterocycles. The molecule has 3 aromatic rings. The van der Waals surface area contributed by atoms with Crippen LogP contribution in [0.3, 0.4) is 0 Å². The number of nitrogens with one attached hydrogen (secondary N) is 1. The molecule has 1 aliphatic rings. The Balaban J connectivity index is 2.04. The van der Waals surface area contributed by atoms with Crippen LogP contribution in [0.25, 0.3) is 22.4 Å². The van der Waals surface area contributed by atoms with Crippen LogP contribution in [-0.4, -0.2) is 15.0 Å². The molecule has 23 heavy (non-hydrogen) atoms. The molecule has 114 valence electrons. The summed E-state index contributed by atoms with van der Waals surface area (Å²) in [4.78, 5) is 14.1. The number of aliphatic hydroxyl groups excluding tert-OH is 1. The number of nitro groups is 1. The normalized spacial score (nSPS) is 15.8. The second-order valence-electron chi connectivity index (χ2n) is 5.63. The molecule has 1 unspecified atom stereocenters. The average Bonchev–Trinajstić information content (AvgIpc) is 2.96. The Labute approximate surface area is 132 Å². The monoisotopic (exact) mass is 306 g/mol. The molecule has 0 amide bonds. The zero-order valence-electron chi connectivity index (χ0n) is 12.2. The van der Waals surface area contributed by atoms with Crippen LogP contribution in [0, 0.1) is 10.1 Å². The Kier molecular flexibility index (Phi) is 3.02. The van der Waals surface area contributed by atoms with Gasteiger partial charge in [-0.25, -0.2) is 4.98 Å². The molecule has 2 aromatic carbocycles. The van der Waals surface area contributed by atoms with Gasteiger partial charge in [0.05, 0.1) is 11.7 Å². The first kappa shape index (κ1) is 13.7. The van der Waals surface area contributed by atoms with Gasteiger partial charge in [-0.2, -0.15) is 0 Å². The highest BCUT2D eigenvalue weighted by atomic mass is 16.6. The first-order valence-corrected chi connectivity index (χ1v) is 7.39. The topological polar surface area (TPSA) is 79.2 Å². The number of hydrogen-bond acceptors (Lipinski definition) is 3. The van der Waals surface area contributed by atoms with Gasteiger partial charge in [-0.3, -0.25) is 0 Å². The van der Waals surface area contributed by atoms with E-state index in [9.17, 15) is 15.2 Å². The number of aliphatic hydroxyl groups is 1. The molecule has 1 aliphatic carbocycles. The predicted octanol–water partition coefficient (Wildman–Crippen LogP) is 3.85. The SMILES string of the molecule is O=[N+]([O-])c1[nH]c(-c2ccccc2)c2c1-c1ccccc1C(O)C2. The fourth-order valence-corrected chi connectivity index (χ4v) is 3.33. The van der Waals surface area contributed by atoms with E-state index in [2.05, 4.69) is 4.98 Å². The summed E-state index contributed by atoms with van der Waals surface area (Å²) in [6.45, 7) is 0. The van der Waals surface area contributed by atoms with Gasteiger partial charge in [0.2, 0.25) is 0 Å². The lowest BCUT2D eigenvalue weighted by atomic mass is 9.84. The van der Waals surface area contributed by atoms with Gasteiger partial charge < -0.3 is 15.2 Å². The largest absolute Gasteiger partial charge is 0.388 e. The van der Waals surface area contributed by atoms with Gasteiger partial charge >= 0.3 is 5.82 Å². The number of rotatable bonds is 2. The van der Waals surface area contributed by atoms with Gasteiger partial charge in [-0.05, 0) is 16.1 Å². The fraction of sp³-hybridized carbons (Fsp3) is 0.111. The Morgan fingerprint density at radius 1 is 1.09 bits per heavy atom. The van der Waals surface area contributed by atoms with Crippen LogP contribution in [0.2, 0.25) is 0 Å². The maximum Gasteiger partial charge on any atom is 0.329 e. The van der Waals surface area contributed by atoms with Crippen LogP contribution >= 0.6 is 0 Å². The van der Waals surface area contributed by atoms with Gasteiger partial charge in [0, 0.05) is 17.5 Å². The van der Waals surface area contributed by atoms with Crippen molar-refractivity contribution < 1.29 is 10.0 Å². The molecular formula is C18H14N2O3. The van der Waals surface area contributed by atoms with E-state index in [-0.39, 0.29) is 10.7 Å². The van der Waals surface area contributed by atoms with Crippen LogP contribution < -0.4 is 0 Å². The van der Waals surface area contributed by atoms with Crippen LogP contribution in [0.4, 0.5) is 5.82 Å². The summed E-state index contributed by atoms with van der Waals surface area (Å²) in [5.41, 5.74) is 4.45. The molecular weight excluding hydrogens is 292 g/mol. The third-order valence-electron chi connectivity index (χ3n) is 4.32. The number of nitrogens with zero attached hydrogens (tertiary/aromatic N) is 1. The minimum absolute atomic E-state index is 0.0156. The lowest BCUT2D eigenvalue weighted by Crippen LogP contribution is -2.10. The molecule has 1 aromatic heterocycles. The highest BCUT2D eigenvalue weighted by Gasteiger charge is 2.34. The molecule has 0 aliphatic heterocycles. The summed E-state index contributed by atoms with van der Waals surface area (Å²) in [6.07, 6.45) is -0.294. The van der Waals surface area contributed by atoms with Crippen molar-refractivity contribution in [2.24, 2.45) is 0 Å². The first-order valence-electron chi connectivity index (χ1n) is 7.39. The second kappa shape index (κ2) is 5.07. The summed E-state index contributed by atoms with van der Waals surface area (Å²) in [6, 6.07) is 16.8. The lowest BCUT2D eigenvalue weighted by molar-refractivity contribution is -0.388. The number of aromatic amines is 1. The standard InChI is InChI=1S/C18H14N2O3/c21-15-10-14-16(13-9-5-4-8-12(13)15)18(20(22)23)19-17(14)11-6-2-1-3-7-11/h1-9,15,19,21H,10H2. The Morgan fingerprint density at radius 3 is 2.52 bits per heavy atom. The average molecular weight is 306 g/mol. The summed E-state index contributed by atoms with van der Waals surface area (Å²) >= 11 is 0. The minimum atomic E-state index is -0.656. The van der Waals surface area contributed by atoms with Crippen molar-refractivity contribution >= 4 is 5.82 Å². The van der Waals surface area contributed by atoms with E-state index in [1.165, 1.54) is 0 Å². The van der Waals surface area contributed by atoms with Crippen LogP contribution in [0.5, 0.6) is 0 Å². The Bertz CT molecular complexity index is 900. The molecule has 0 radical (unpaired) electrons. The number of fused-ring (bicyclic) bond motifs is 3. The number of benzene rings is 2. The van der Waals surface area contributed by atoms with Crippen LogP contribution in [0.1, 0.15) is 17.2 Å². The molecule has 0 spiro atoms. The van der Waals surface area contributed by atoms with E-state index < -0.39 is 6.10 Å². The van der Waals surface area contributed by atoms with E-state index in [0.717, 1.165) is 22.3 Å². The molecule has 0 fully saturated rings. The van der Waals surface area contributed by atoms with Gasteiger partial charge in [0.1, 0.15) is 5.69 Å². The smallest absolute Gasteiger partial charge is 0.329 e. The van der Waals surface area contributed by atoms with E-state index in [1.54, 1.807) is 0 Å². The summed E-state index contributed by atoms with van der Waals surface area (Å²) in [5.74, 6) is -0.0156. The van der Waals surface area contributed by atoms with E-state index in [4.69, 9.17) is 0 Å². The summed E-state index contributed by atoms with van der Waals surface area (Å²) in [7, 11) is 0. The van der Waals surface area contributed by atoms with Crippen molar-refractivity contribution in [2.75, 3.05) is 0 Å². The molecule has 0 bridgehead atoms. The van der Waals surface area contributed by atoms with E-state index in [0.29, 0.717) is 17.7 Å². The second-order valence-corrected chi connectivity index (χ2v) is 5.63. The highest BCUT2D eigenvalue weighted by Crippen LogP contribution is 2.47. The zero-order valence-corrected chi connectivity index (χ0v) is 12.2. The third kappa shape index (κ3) is 2.05. The molecule has 5 nitrogen and oxygen atoms in total. The van der Waals surface area contributed by atoms with Gasteiger partial charge in [0.15, 0.2) is 0 Å². The number of hydrogen-bond donors (Lipinski definition) is 2. The third-order valence-corrected chi connectivity index (χ3v) is 4.32. The zero-order chi connectivity index (χ0) is 16.0. The molecule has 5 heteroatoms. The van der Waals surface area contributed by atoms with Gasteiger partial charge in [-0.1, -0.05) is 54.6 Å². The Hall–Kier alpha value is -2.92. The van der Waals surface area contributed by atoms with E-state index >= 15 is 0 Å². The quantitative estimate of drug-likeness (QED) is 0.557. The van der Waals surface area contributed by atoms with E-state index in [1.807, 2.05) is 54.6 Å². The van der Waals surface area contributed by atoms with Crippen molar-refractivity contribution in [1.29, 1.82) is 0 Å². The lowest BCUT2D eigenvalue weighted by Gasteiger charge is -2.21. The first-order chi connectivity index (χ1) is 11.2. The Morgan fingerprint density at radius 2 is 1.78 bits per heavy atom. The van der Waals surface area contributed by atoms with Gasteiger partial charge in [0.25, 0.3) is 0 Å². The molecule has 1 heterocycles. The van der Waals surface area contributed by atoms with Crippen molar-refractivity contribution in [2.45, 2.75) is 12.5 Å². The number of aromatic nitrogens is 1. The summed E-state index contributed by atoms with van der Waals surface area (Å²) < 4.78 is 0. The summed E-state index contributed by atoms with van der Waals surface area (Å²) in [5, 5.41) is 22.0. The predicted molar refractivity (Wildman–Crippen MR) is 87.0 cm³/mol. The maximum absolute atomic E-state index is 11.5. The van der Waals surface area contributed by atoms with Gasteiger partial charge in [-0.15, -0.1) is 0 Å². The van der Waals surface area contributed by atoms with Crippen molar-refractivity contribution in [3.63, 3.8) is 0 Å².